The number of amides is 1. The van der Waals surface area contributed by atoms with Crippen LogP contribution in [0.3, 0.4) is 0 Å². The largest absolute Gasteiger partial charge is 0.497 e. The van der Waals surface area contributed by atoms with Gasteiger partial charge >= 0.3 is 5.97 Å². The van der Waals surface area contributed by atoms with Crippen molar-refractivity contribution < 1.29 is 19.1 Å². The van der Waals surface area contributed by atoms with Crippen LogP contribution in [-0.4, -0.2) is 41.4 Å². The minimum absolute atomic E-state index is 0.0304. The minimum Gasteiger partial charge on any atom is -0.497 e. The van der Waals surface area contributed by atoms with Gasteiger partial charge in [-0.25, -0.2) is 4.79 Å². The third-order valence-corrected chi connectivity index (χ3v) is 4.30. The van der Waals surface area contributed by atoms with Gasteiger partial charge in [-0.15, -0.1) is 0 Å². The van der Waals surface area contributed by atoms with E-state index >= 15 is 0 Å². The summed E-state index contributed by atoms with van der Waals surface area (Å²) < 4.78 is 12.2. The summed E-state index contributed by atoms with van der Waals surface area (Å²) in [5.41, 5.74) is 2.53. The molecule has 0 aliphatic heterocycles. The molecule has 3 aromatic rings. The molecule has 0 fully saturated rings. The zero-order valence-corrected chi connectivity index (χ0v) is 17.3. The van der Waals surface area contributed by atoms with Crippen molar-refractivity contribution in [3.63, 3.8) is 0 Å². The Hall–Kier alpha value is -3.61. The predicted octanol–water partition coefficient (Wildman–Crippen LogP) is 3.29. The third kappa shape index (κ3) is 5.47. The molecule has 0 spiro atoms. The highest BCUT2D eigenvalue weighted by Gasteiger charge is 2.21. The Labute approximate surface area is 175 Å². The van der Waals surface area contributed by atoms with E-state index in [-0.39, 0.29) is 24.1 Å². The first kappa shape index (κ1) is 21.1. The standard InChI is InChI=1S/C23H25N3O4/c1-16(2)24-21(27)15-30-23(28)20-14-26(13-17-8-5-4-6-9-17)25-22(20)18-10-7-11-19(12-18)29-3/h4-12,14,16H,13,15H2,1-3H3,(H,24,27). The van der Waals surface area contributed by atoms with E-state index in [1.165, 1.54) is 0 Å². The Morgan fingerprint density at radius 2 is 1.87 bits per heavy atom. The summed E-state index contributed by atoms with van der Waals surface area (Å²) >= 11 is 0. The molecule has 2 aromatic carbocycles. The van der Waals surface area contributed by atoms with Gasteiger partial charge < -0.3 is 14.8 Å². The molecule has 0 saturated heterocycles. The Morgan fingerprint density at radius 3 is 2.57 bits per heavy atom. The van der Waals surface area contributed by atoms with Gasteiger partial charge in [-0.1, -0.05) is 42.5 Å². The molecule has 0 saturated carbocycles. The van der Waals surface area contributed by atoms with Gasteiger partial charge in [0.1, 0.15) is 17.0 Å². The number of methoxy groups -OCH3 is 1. The molecule has 0 radical (unpaired) electrons. The second-order valence-corrected chi connectivity index (χ2v) is 7.10. The molecule has 0 unspecified atom stereocenters. The molecule has 7 nitrogen and oxygen atoms in total. The summed E-state index contributed by atoms with van der Waals surface area (Å²) in [5, 5.41) is 7.30. The van der Waals surface area contributed by atoms with Crippen LogP contribution in [0.1, 0.15) is 29.8 Å². The first-order valence-electron chi connectivity index (χ1n) is 9.68. The highest BCUT2D eigenvalue weighted by molar-refractivity contribution is 5.97. The zero-order valence-electron chi connectivity index (χ0n) is 17.3. The lowest BCUT2D eigenvalue weighted by Gasteiger charge is -2.09. The lowest BCUT2D eigenvalue weighted by molar-refractivity contribution is -0.124. The van der Waals surface area contributed by atoms with Crippen LogP contribution in [0.15, 0.2) is 60.8 Å². The number of rotatable bonds is 8. The van der Waals surface area contributed by atoms with Crippen molar-refractivity contribution >= 4 is 11.9 Å². The highest BCUT2D eigenvalue weighted by atomic mass is 16.5. The van der Waals surface area contributed by atoms with Crippen molar-refractivity contribution in [2.24, 2.45) is 0 Å². The Balaban J connectivity index is 1.88. The van der Waals surface area contributed by atoms with E-state index in [1.54, 1.807) is 24.1 Å². The maximum absolute atomic E-state index is 12.8. The molecule has 1 amide bonds. The van der Waals surface area contributed by atoms with Crippen LogP contribution in [0.25, 0.3) is 11.3 Å². The second-order valence-electron chi connectivity index (χ2n) is 7.10. The first-order valence-corrected chi connectivity index (χ1v) is 9.68. The van der Waals surface area contributed by atoms with Crippen molar-refractivity contribution in [3.8, 4) is 17.0 Å². The van der Waals surface area contributed by atoms with Crippen molar-refractivity contribution in [3.05, 3.63) is 71.9 Å². The molecular weight excluding hydrogens is 382 g/mol. The molecule has 0 bridgehead atoms. The lowest BCUT2D eigenvalue weighted by atomic mass is 10.1. The van der Waals surface area contributed by atoms with Gasteiger partial charge in [0, 0.05) is 17.8 Å². The van der Waals surface area contributed by atoms with Crippen LogP contribution < -0.4 is 10.1 Å². The topological polar surface area (TPSA) is 82.5 Å². The summed E-state index contributed by atoms with van der Waals surface area (Å²) in [4.78, 5) is 24.6. The molecule has 3 rings (SSSR count). The number of hydrogen-bond donors (Lipinski definition) is 1. The van der Waals surface area contributed by atoms with E-state index in [2.05, 4.69) is 10.4 Å². The van der Waals surface area contributed by atoms with Crippen molar-refractivity contribution in [1.29, 1.82) is 0 Å². The summed E-state index contributed by atoms with van der Waals surface area (Å²) in [6.45, 7) is 3.83. The van der Waals surface area contributed by atoms with Gasteiger partial charge in [0.05, 0.1) is 13.7 Å². The predicted molar refractivity (Wildman–Crippen MR) is 113 cm³/mol. The van der Waals surface area contributed by atoms with Crippen LogP contribution in [0.4, 0.5) is 0 Å². The monoisotopic (exact) mass is 407 g/mol. The number of nitrogens with one attached hydrogen (secondary N) is 1. The van der Waals surface area contributed by atoms with Crippen LogP contribution in [0.2, 0.25) is 0 Å². The van der Waals surface area contributed by atoms with Crippen LogP contribution in [-0.2, 0) is 16.1 Å². The first-order chi connectivity index (χ1) is 14.5. The van der Waals surface area contributed by atoms with Crippen LogP contribution in [0.5, 0.6) is 5.75 Å². The van der Waals surface area contributed by atoms with Gasteiger partial charge in [-0.3, -0.25) is 9.48 Å². The molecule has 0 atom stereocenters. The van der Waals surface area contributed by atoms with Crippen molar-refractivity contribution in [2.45, 2.75) is 26.4 Å². The highest BCUT2D eigenvalue weighted by Crippen LogP contribution is 2.26. The average molecular weight is 407 g/mol. The number of esters is 1. The van der Waals surface area contributed by atoms with Crippen LogP contribution >= 0.6 is 0 Å². The molecule has 1 N–H and O–H groups in total. The van der Waals surface area contributed by atoms with Crippen LogP contribution in [0, 0.1) is 0 Å². The number of aromatic nitrogens is 2. The Morgan fingerprint density at radius 1 is 1.10 bits per heavy atom. The smallest absolute Gasteiger partial charge is 0.342 e. The molecule has 0 aliphatic carbocycles. The SMILES string of the molecule is COc1cccc(-c2nn(Cc3ccccc3)cc2C(=O)OCC(=O)NC(C)C)c1. The molecule has 1 heterocycles. The van der Waals surface area contributed by atoms with Gasteiger partial charge in [0.25, 0.3) is 5.91 Å². The van der Waals surface area contributed by atoms with Crippen molar-refractivity contribution in [1.82, 2.24) is 15.1 Å². The van der Waals surface area contributed by atoms with E-state index in [0.717, 1.165) is 11.1 Å². The number of hydrogen-bond acceptors (Lipinski definition) is 5. The van der Waals surface area contributed by atoms with Gasteiger partial charge in [-0.05, 0) is 31.5 Å². The van der Waals surface area contributed by atoms with E-state index in [1.807, 2.05) is 62.4 Å². The molecule has 7 heteroatoms. The number of nitrogens with zero attached hydrogens (tertiary/aromatic N) is 2. The fraction of sp³-hybridized carbons (Fsp3) is 0.261. The number of ether oxygens (including phenoxy) is 2. The number of benzene rings is 2. The van der Waals surface area contributed by atoms with E-state index in [0.29, 0.717) is 18.0 Å². The van der Waals surface area contributed by atoms with Crippen molar-refractivity contribution in [2.75, 3.05) is 13.7 Å². The number of carbonyl (C=O) groups excluding carboxylic acids is 2. The summed E-state index contributed by atoms with van der Waals surface area (Å²) in [5.74, 6) is -0.301. The molecular formula is C23H25N3O4. The summed E-state index contributed by atoms with van der Waals surface area (Å²) in [6, 6.07) is 17.1. The van der Waals surface area contributed by atoms with Gasteiger partial charge in [-0.2, -0.15) is 5.10 Å². The summed E-state index contributed by atoms with van der Waals surface area (Å²) in [7, 11) is 1.58. The lowest BCUT2D eigenvalue weighted by Crippen LogP contribution is -2.34. The Kier molecular flexibility index (Phi) is 6.85. The summed E-state index contributed by atoms with van der Waals surface area (Å²) in [6.07, 6.45) is 1.64. The Bertz CT molecular complexity index is 1010. The number of carbonyl (C=O) groups is 2. The quantitative estimate of drug-likeness (QED) is 0.580. The second kappa shape index (κ2) is 9.73. The molecule has 0 aliphatic rings. The minimum atomic E-state index is -0.606. The molecule has 156 valence electrons. The van der Waals surface area contributed by atoms with Gasteiger partial charge in [0.2, 0.25) is 0 Å². The molecule has 1 aromatic heterocycles. The zero-order chi connectivity index (χ0) is 21.5. The molecule has 30 heavy (non-hydrogen) atoms. The third-order valence-electron chi connectivity index (χ3n) is 4.30. The average Bonchev–Trinajstić information content (AvgIpc) is 3.16. The van der Waals surface area contributed by atoms with E-state index in [9.17, 15) is 9.59 Å². The maximum Gasteiger partial charge on any atom is 0.342 e. The fourth-order valence-electron chi connectivity index (χ4n) is 2.98. The normalized spacial score (nSPS) is 10.7. The fourth-order valence-corrected chi connectivity index (χ4v) is 2.98. The van der Waals surface area contributed by atoms with Gasteiger partial charge in [0.15, 0.2) is 6.61 Å². The maximum atomic E-state index is 12.8. The van der Waals surface area contributed by atoms with E-state index < -0.39 is 5.97 Å². The van der Waals surface area contributed by atoms with E-state index in [4.69, 9.17) is 9.47 Å².